The molecule has 0 aliphatic heterocycles. The van der Waals surface area contributed by atoms with Crippen LogP contribution in [0.4, 0.5) is 16.3 Å². The van der Waals surface area contributed by atoms with Crippen molar-refractivity contribution in [3.63, 3.8) is 0 Å². The fraction of sp³-hybridized carbons (Fsp3) is 0.125. The maximum Gasteiger partial charge on any atom is 0.324 e. The SMILES string of the molecule is CSc1cc(C)nc(SC)c1NC(=O)Nc1cc(-c2ccccc2Cl)c2cc(Cl)ccc2n1. The van der Waals surface area contributed by atoms with Gasteiger partial charge in [-0.3, -0.25) is 5.32 Å². The van der Waals surface area contributed by atoms with Crippen molar-refractivity contribution in [1.82, 2.24) is 9.97 Å². The lowest BCUT2D eigenvalue weighted by Gasteiger charge is -2.15. The van der Waals surface area contributed by atoms with Crippen LogP contribution in [0.2, 0.25) is 10.0 Å². The monoisotopic (exact) mass is 514 g/mol. The third kappa shape index (κ3) is 5.22. The van der Waals surface area contributed by atoms with E-state index in [4.69, 9.17) is 23.2 Å². The van der Waals surface area contributed by atoms with Crippen LogP contribution in [0.15, 0.2) is 64.5 Å². The number of urea groups is 1. The van der Waals surface area contributed by atoms with Crippen LogP contribution in [0.25, 0.3) is 22.0 Å². The van der Waals surface area contributed by atoms with E-state index >= 15 is 0 Å². The predicted molar refractivity (Wildman–Crippen MR) is 142 cm³/mol. The largest absolute Gasteiger partial charge is 0.324 e. The minimum Gasteiger partial charge on any atom is -0.304 e. The summed E-state index contributed by atoms with van der Waals surface area (Å²) in [5, 5.41) is 8.60. The molecule has 9 heteroatoms. The first-order valence-corrected chi connectivity index (χ1v) is 13.1. The minimum absolute atomic E-state index is 0.397. The van der Waals surface area contributed by atoms with Gasteiger partial charge < -0.3 is 5.32 Å². The van der Waals surface area contributed by atoms with Gasteiger partial charge in [-0.05, 0) is 61.4 Å². The average Bonchev–Trinajstić information content (AvgIpc) is 2.80. The van der Waals surface area contributed by atoms with Gasteiger partial charge in [-0.25, -0.2) is 14.8 Å². The summed E-state index contributed by atoms with van der Waals surface area (Å²) < 4.78 is 0. The normalized spacial score (nSPS) is 10.9. The summed E-state index contributed by atoms with van der Waals surface area (Å²) in [6.07, 6.45) is 3.90. The number of nitrogens with zero attached hydrogens (tertiary/aromatic N) is 2. The Morgan fingerprint density at radius 1 is 0.909 bits per heavy atom. The number of halogens is 2. The topological polar surface area (TPSA) is 66.9 Å². The van der Waals surface area contributed by atoms with E-state index in [-0.39, 0.29) is 0 Å². The summed E-state index contributed by atoms with van der Waals surface area (Å²) >= 11 is 15.8. The molecule has 2 aromatic heterocycles. The molecule has 4 rings (SSSR count). The van der Waals surface area contributed by atoms with Crippen molar-refractivity contribution in [3.05, 3.63) is 70.3 Å². The number of benzene rings is 2. The number of pyridine rings is 2. The number of fused-ring (bicyclic) bond motifs is 1. The van der Waals surface area contributed by atoms with Crippen LogP contribution in [-0.4, -0.2) is 28.5 Å². The van der Waals surface area contributed by atoms with Crippen LogP contribution in [0.3, 0.4) is 0 Å². The molecule has 0 bridgehead atoms. The predicted octanol–water partition coefficient (Wildman–Crippen LogP) is 8.00. The summed E-state index contributed by atoms with van der Waals surface area (Å²) in [5.41, 5.74) is 3.92. The highest BCUT2D eigenvalue weighted by molar-refractivity contribution is 7.99. The molecule has 2 aromatic carbocycles. The van der Waals surface area contributed by atoms with Crippen LogP contribution < -0.4 is 10.6 Å². The fourth-order valence-corrected chi connectivity index (χ4v) is 5.18. The average molecular weight is 515 g/mol. The van der Waals surface area contributed by atoms with Crippen LogP contribution >= 0.6 is 46.7 Å². The summed E-state index contributed by atoms with van der Waals surface area (Å²) in [7, 11) is 0. The zero-order valence-electron chi connectivity index (χ0n) is 18.1. The number of carbonyl (C=O) groups excluding carboxylic acids is 1. The third-order valence-corrected chi connectivity index (χ3v) is 6.91. The van der Waals surface area contributed by atoms with Gasteiger partial charge in [0.05, 0.1) is 11.2 Å². The first-order chi connectivity index (χ1) is 15.9. The van der Waals surface area contributed by atoms with Gasteiger partial charge in [-0.15, -0.1) is 23.5 Å². The fourth-order valence-electron chi connectivity index (χ4n) is 3.47. The summed E-state index contributed by atoms with van der Waals surface area (Å²) in [4.78, 5) is 23.0. The standard InChI is InChI=1S/C24H20Cl2N4OS2/c1-13-10-20(32-2)22(23(27-13)33-3)30-24(31)29-21-12-16(15-6-4-5-7-18(15)26)17-11-14(25)8-9-19(17)28-21/h4-12H,1-3H3,(H2,28,29,30,31). The lowest BCUT2D eigenvalue weighted by Crippen LogP contribution is -2.21. The van der Waals surface area contributed by atoms with Gasteiger partial charge in [0.15, 0.2) is 0 Å². The van der Waals surface area contributed by atoms with E-state index in [1.807, 2.05) is 61.9 Å². The Kier molecular flexibility index (Phi) is 7.34. The van der Waals surface area contributed by atoms with Crippen LogP contribution in [0.5, 0.6) is 0 Å². The van der Waals surface area contributed by atoms with E-state index < -0.39 is 6.03 Å². The zero-order chi connectivity index (χ0) is 23.5. The van der Waals surface area contributed by atoms with E-state index in [0.717, 1.165) is 32.1 Å². The van der Waals surface area contributed by atoms with Gasteiger partial charge in [0, 0.05) is 31.6 Å². The van der Waals surface area contributed by atoms with Gasteiger partial charge in [-0.1, -0.05) is 41.4 Å². The van der Waals surface area contributed by atoms with Crippen molar-refractivity contribution in [2.24, 2.45) is 0 Å². The van der Waals surface area contributed by atoms with E-state index in [1.54, 1.807) is 23.9 Å². The first-order valence-electron chi connectivity index (χ1n) is 9.92. The highest BCUT2D eigenvalue weighted by Gasteiger charge is 2.16. The molecule has 0 atom stereocenters. The molecule has 0 aliphatic carbocycles. The maximum atomic E-state index is 13.0. The Balaban J connectivity index is 1.73. The van der Waals surface area contributed by atoms with Crippen molar-refractivity contribution in [1.29, 1.82) is 0 Å². The molecule has 0 unspecified atom stereocenters. The third-order valence-electron chi connectivity index (χ3n) is 4.91. The van der Waals surface area contributed by atoms with E-state index in [2.05, 4.69) is 20.6 Å². The second-order valence-corrected chi connectivity index (χ2v) is 9.61. The molecule has 33 heavy (non-hydrogen) atoms. The number of nitrogens with one attached hydrogen (secondary N) is 2. The quantitative estimate of drug-likeness (QED) is 0.264. The molecule has 0 aliphatic rings. The molecule has 168 valence electrons. The van der Waals surface area contributed by atoms with E-state index in [0.29, 0.717) is 27.1 Å². The van der Waals surface area contributed by atoms with E-state index in [1.165, 1.54) is 11.8 Å². The lowest BCUT2D eigenvalue weighted by atomic mass is 10.0. The number of aryl methyl sites for hydroxylation is 1. The molecule has 2 amide bonds. The second kappa shape index (κ2) is 10.2. The van der Waals surface area contributed by atoms with Crippen molar-refractivity contribution >= 4 is 75.2 Å². The number of aromatic nitrogens is 2. The highest BCUT2D eigenvalue weighted by atomic mass is 35.5. The van der Waals surface area contributed by atoms with Gasteiger partial charge in [-0.2, -0.15) is 0 Å². The number of hydrogen-bond donors (Lipinski definition) is 2. The molecule has 0 radical (unpaired) electrons. The van der Waals surface area contributed by atoms with Crippen molar-refractivity contribution in [2.45, 2.75) is 16.8 Å². The number of amides is 2. The highest BCUT2D eigenvalue weighted by Crippen LogP contribution is 2.36. The lowest BCUT2D eigenvalue weighted by molar-refractivity contribution is 0.262. The molecule has 0 saturated carbocycles. The van der Waals surface area contributed by atoms with Crippen molar-refractivity contribution in [3.8, 4) is 11.1 Å². The Morgan fingerprint density at radius 3 is 2.42 bits per heavy atom. The first kappa shape index (κ1) is 23.7. The molecule has 4 aromatic rings. The molecule has 5 nitrogen and oxygen atoms in total. The maximum absolute atomic E-state index is 13.0. The summed E-state index contributed by atoms with van der Waals surface area (Å²) in [6.45, 7) is 1.94. The smallest absolute Gasteiger partial charge is 0.304 e. The Morgan fingerprint density at radius 2 is 1.70 bits per heavy atom. The molecular formula is C24H20Cl2N4OS2. The minimum atomic E-state index is -0.405. The Hall–Kier alpha value is -2.45. The summed E-state index contributed by atoms with van der Waals surface area (Å²) in [5.74, 6) is 0.397. The van der Waals surface area contributed by atoms with E-state index in [9.17, 15) is 4.79 Å². The molecule has 2 heterocycles. The molecule has 0 fully saturated rings. The summed E-state index contributed by atoms with van der Waals surface area (Å²) in [6, 6.07) is 16.3. The van der Waals surface area contributed by atoms with Crippen molar-refractivity contribution < 1.29 is 4.79 Å². The van der Waals surface area contributed by atoms with Gasteiger partial charge >= 0.3 is 6.03 Å². The van der Waals surface area contributed by atoms with Gasteiger partial charge in [0.2, 0.25) is 0 Å². The Labute approximate surface area is 210 Å². The molecule has 2 N–H and O–H groups in total. The number of carbonyl (C=O) groups is 1. The molecule has 0 saturated heterocycles. The molecular weight excluding hydrogens is 495 g/mol. The van der Waals surface area contributed by atoms with Crippen LogP contribution in [0.1, 0.15) is 5.69 Å². The van der Waals surface area contributed by atoms with Crippen molar-refractivity contribution in [2.75, 3.05) is 23.1 Å². The number of rotatable bonds is 5. The number of anilines is 2. The number of hydrogen-bond acceptors (Lipinski definition) is 5. The Bertz CT molecular complexity index is 1340. The zero-order valence-corrected chi connectivity index (χ0v) is 21.2. The van der Waals surface area contributed by atoms with Crippen LogP contribution in [-0.2, 0) is 0 Å². The van der Waals surface area contributed by atoms with Crippen LogP contribution in [0, 0.1) is 6.92 Å². The van der Waals surface area contributed by atoms with Gasteiger partial charge in [0.1, 0.15) is 10.8 Å². The molecule has 0 spiro atoms. The van der Waals surface area contributed by atoms with Gasteiger partial charge in [0.25, 0.3) is 0 Å². The number of thioether (sulfide) groups is 2. The second-order valence-electron chi connectivity index (χ2n) is 7.13.